The standard InChI is InChI=1S/C16H18FN5O3S/c1-2-11-26(23,24)18-9-10-25-15-8-7-14-19-20-16(22(14)21-15)12-3-5-13(17)6-4-12/h3-8,18H,2,9-11H2,1H3. The molecule has 0 saturated heterocycles. The van der Waals surface area contributed by atoms with Crippen LogP contribution in [0.25, 0.3) is 17.0 Å². The van der Waals surface area contributed by atoms with E-state index in [1.54, 1.807) is 31.2 Å². The van der Waals surface area contributed by atoms with Crippen LogP contribution in [0.1, 0.15) is 13.3 Å². The van der Waals surface area contributed by atoms with Crippen molar-refractivity contribution < 1.29 is 17.5 Å². The van der Waals surface area contributed by atoms with Gasteiger partial charge in [-0.1, -0.05) is 6.92 Å². The molecular formula is C16H18FN5O3S. The molecule has 0 amide bonds. The zero-order valence-corrected chi connectivity index (χ0v) is 14.9. The number of fused-ring (bicyclic) bond motifs is 1. The third-order valence-corrected chi connectivity index (χ3v) is 5.08. The molecule has 0 radical (unpaired) electrons. The van der Waals surface area contributed by atoms with Crippen molar-refractivity contribution in [1.29, 1.82) is 0 Å². The molecule has 2 heterocycles. The first-order chi connectivity index (χ1) is 12.5. The fourth-order valence-electron chi connectivity index (χ4n) is 2.32. The van der Waals surface area contributed by atoms with Crippen molar-refractivity contribution in [2.75, 3.05) is 18.9 Å². The zero-order valence-electron chi connectivity index (χ0n) is 14.1. The van der Waals surface area contributed by atoms with E-state index in [-0.39, 0.29) is 24.7 Å². The zero-order chi connectivity index (χ0) is 18.6. The Morgan fingerprint density at radius 3 is 2.65 bits per heavy atom. The Morgan fingerprint density at radius 2 is 1.92 bits per heavy atom. The van der Waals surface area contributed by atoms with Gasteiger partial charge in [-0.15, -0.1) is 15.3 Å². The van der Waals surface area contributed by atoms with Gasteiger partial charge in [-0.2, -0.15) is 4.52 Å². The summed E-state index contributed by atoms with van der Waals surface area (Å²) in [6.45, 7) is 2.08. The molecule has 0 aliphatic rings. The van der Waals surface area contributed by atoms with Crippen molar-refractivity contribution in [3.05, 3.63) is 42.2 Å². The molecule has 3 rings (SSSR count). The Bertz CT molecular complexity index is 989. The van der Waals surface area contributed by atoms with Gasteiger partial charge in [-0.3, -0.25) is 0 Å². The van der Waals surface area contributed by atoms with Crippen molar-refractivity contribution >= 4 is 15.7 Å². The van der Waals surface area contributed by atoms with Gasteiger partial charge in [0.15, 0.2) is 11.5 Å². The lowest BCUT2D eigenvalue weighted by atomic mass is 10.2. The van der Waals surface area contributed by atoms with Gasteiger partial charge in [0.05, 0.1) is 5.75 Å². The number of hydrogen-bond donors (Lipinski definition) is 1. The Labute approximate surface area is 150 Å². The van der Waals surface area contributed by atoms with E-state index < -0.39 is 10.0 Å². The van der Waals surface area contributed by atoms with Crippen LogP contribution >= 0.6 is 0 Å². The Kier molecular flexibility index (Phi) is 5.43. The van der Waals surface area contributed by atoms with Crippen molar-refractivity contribution in [3.8, 4) is 17.3 Å². The van der Waals surface area contributed by atoms with E-state index >= 15 is 0 Å². The summed E-state index contributed by atoms with van der Waals surface area (Å²) in [5.41, 5.74) is 1.18. The molecule has 8 nitrogen and oxygen atoms in total. The molecule has 26 heavy (non-hydrogen) atoms. The van der Waals surface area contributed by atoms with Crippen molar-refractivity contribution in [2.24, 2.45) is 0 Å². The van der Waals surface area contributed by atoms with Gasteiger partial charge in [-0.05, 0) is 36.8 Å². The van der Waals surface area contributed by atoms with Crippen LogP contribution in [0.3, 0.4) is 0 Å². The van der Waals surface area contributed by atoms with Crippen LogP contribution in [0.15, 0.2) is 36.4 Å². The predicted octanol–water partition coefficient (Wildman–Crippen LogP) is 1.64. The molecule has 10 heteroatoms. The first-order valence-corrected chi connectivity index (χ1v) is 9.72. The van der Waals surface area contributed by atoms with Crippen LogP contribution in [0.5, 0.6) is 5.88 Å². The van der Waals surface area contributed by atoms with Gasteiger partial charge in [-0.25, -0.2) is 17.5 Å². The van der Waals surface area contributed by atoms with Crippen LogP contribution in [-0.2, 0) is 10.0 Å². The Morgan fingerprint density at radius 1 is 1.15 bits per heavy atom. The Hall–Kier alpha value is -2.59. The van der Waals surface area contributed by atoms with Crippen molar-refractivity contribution in [1.82, 2.24) is 24.5 Å². The monoisotopic (exact) mass is 379 g/mol. The highest BCUT2D eigenvalue weighted by molar-refractivity contribution is 7.89. The number of nitrogens with zero attached hydrogens (tertiary/aromatic N) is 4. The summed E-state index contributed by atoms with van der Waals surface area (Å²) >= 11 is 0. The van der Waals surface area contributed by atoms with Crippen LogP contribution in [0, 0.1) is 5.82 Å². The van der Waals surface area contributed by atoms with Crippen LogP contribution < -0.4 is 9.46 Å². The molecule has 138 valence electrons. The third kappa shape index (κ3) is 4.33. The molecule has 0 aliphatic carbocycles. The predicted molar refractivity (Wildman–Crippen MR) is 93.8 cm³/mol. The van der Waals surface area contributed by atoms with Gasteiger partial charge >= 0.3 is 0 Å². The van der Waals surface area contributed by atoms with E-state index in [9.17, 15) is 12.8 Å². The average Bonchev–Trinajstić information content (AvgIpc) is 3.03. The second kappa shape index (κ2) is 7.75. The maximum absolute atomic E-state index is 13.1. The second-order valence-electron chi connectivity index (χ2n) is 5.53. The van der Waals surface area contributed by atoms with Gasteiger partial charge in [0.1, 0.15) is 12.4 Å². The molecule has 0 spiro atoms. The smallest absolute Gasteiger partial charge is 0.231 e. The van der Waals surface area contributed by atoms with E-state index in [4.69, 9.17) is 4.74 Å². The normalized spacial score (nSPS) is 11.8. The summed E-state index contributed by atoms with van der Waals surface area (Å²) < 4.78 is 45.7. The minimum atomic E-state index is -3.26. The summed E-state index contributed by atoms with van der Waals surface area (Å²) in [6.07, 6.45) is 0.550. The molecule has 2 aromatic heterocycles. The summed E-state index contributed by atoms with van der Waals surface area (Å²) in [6, 6.07) is 9.15. The van der Waals surface area contributed by atoms with Crippen molar-refractivity contribution in [2.45, 2.75) is 13.3 Å². The van der Waals surface area contributed by atoms with Gasteiger partial charge in [0.25, 0.3) is 0 Å². The molecule has 0 saturated carbocycles. The second-order valence-corrected chi connectivity index (χ2v) is 7.46. The SMILES string of the molecule is CCCS(=O)(=O)NCCOc1ccc2nnc(-c3ccc(F)cc3)n2n1. The fraction of sp³-hybridized carbons (Fsp3) is 0.312. The van der Waals surface area contributed by atoms with Gasteiger partial charge in [0.2, 0.25) is 15.9 Å². The lowest BCUT2D eigenvalue weighted by molar-refractivity contribution is 0.306. The fourth-order valence-corrected chi connectivity index (χ4v) is 3.40. The topological polar surface area (TPSA) is 98.5 Å². The highest BCUT2D eigenvalue weighted by atomic mass is 32.2. The lowest BCUT2D eigenvalue weighted by Crippen LogP contribution is -2.30. The summed E-state index contributed by atoms with van der Waals surface area (Å²) in [4.78, 5) is 0. The number of rotatable bonds is 8. The quantitative estimate of drug-likeness (QED) is 0.598. The highest BCUT2D eigenvalue weighted by Crippen LogP contribution is 2.19. The largest absolute Gasteiger partial charge is 0.475 e. The molecule has 0 aliphatic heterocycles. The summed E-state index contributed by atoms with van der Waals surface area (Å²) in [5.74, 6) is 0.494. The molecule has 1 N–H and O–H groups in total. The number of ether oxygens (including phenoxy) is 1. The van der Waals surface area contributed by atoms with E-state index in [2.05, 4.69) is 20.0 Å². The molecule has 0 atom stereocenters. The van der Waals surface area contributed by atoms with E-state index in [0.29, 0.717) is 29.3 Å². The minimum absolute atomic E-state index is 0.0823. The number of nitrogens with one attached hydrogen (secondary N) is 1. The number of aromatic nitrogens is 4. The maximum atomic E-state index is 13.1. The van der Waals surface area contributed by atoms with E-state index in [1.807, 2.05) is 0 Å². The highest BCUT2D eigenvalue weighted by Gasteiger charge is 2.11. The third-order valence-electron chi connectivity index (χ3n) is 3.49. The molecule has 1 aromatic carbocycles. The van der Waals surface area contributed by atoms with Crippen molar-refractivity contribution in [3.63, 3.8) is 0 Å². The Balaban J connectivity index is 1.71. The summed E-state index contributed by atoms with van der Waals surface area (Å²) in [7, 11) is -3.26. The number of benzene rings is 1. The number of sulfonamides is 1. The number of halogens is 1. The maximum Gasteiger partial charge on any atom is 0.231 e. The molecule has 0 bridgehead atoms. The van der Waals surface area contributed by atoms with Crippen LogP contribution in [0.4, 0.5) is 4.39 Å². The van der Waals surface area contributed by atoms with Crippen LogP contribution in [0.2, 0.25) is 0 Å². The van der Waals surface area contributed by atoms with Gasteiger partial charge < -0.3 is 4.74 Å². The molecule has 0 unspecified atom stereocenters. The number of hydrogen-bond acceptors (Lipinski definition) is 6. The molecular weight excluding hydrogens is 361 g/mol. The van der Waals surface area contributed by atoms with E-state index in [1.165, 1.54) is 16.6 Å². The van der Waals surface area contributed by atoms with Gasteiger partial charge in [0, 0.05) is 18.2 Å². The first-order valence-electron chi connectivity index (χ1n) is 8.07. The van der Waals surface area contributed by atoms with E-state index in [0.717, 1.165) is 0 Å². The first kappa shape index (κ1) is 18.2. The average molecular weight is 379 g/mol. The molecule has 0 fully saturated rings. The minimum Gasteiger partial charge on any atom is -0.475 e. The lowest BCUT2D eigenvalue weighted by Gasteiger charge is -2.07. The molecule has 3 aromatic rings. The summed E-state index contributed by atoms with van der Waals surface area (Å²) in [5, 5.41) is 12.4. The van der Waals surface area contributed by atoms with Crippen LogP contribution in [-0.4, -0.2) is 47.1 Å².